The standard InChI is InChI=1S/C21H21F3N2O3/c1-20(29,14-4-2-5-15(12-14)21(22,23)24)13-25-16-8-10-17(11-9-16)26-18(27)6-3-7-19(26)28/h2,4-5,8-12,25,29H,3,6-7,13H2,1H3. The van der Waals surface area contributed by atoms with Crippen molar-refractivity contribution in [1.82, 2.24) is 0 Å². The third kappa shape index (κ3) is 4.76. The van der Waals surface area contributed by atoms with Gasteiger partial charge in [-0.1, -0.05) is 12.1 Å². The van der Waals surface area contributed by atoms with E-state index in [2.05, 4.69) is 5.32 Å². The fraction of sp³-hybridized carbons (Fsp3) is 0.333. The summed E-state index contributed by atoms with van der Waals surface area (Å²) in [5.41, 5.74) is -1.16. The Bertz CT molecular complexity index is 892. The summed E-state index contributed by atoms with van der Waals surface area (Å²) >= 11 is 0. The van der Waals surface area contributed by atoms with Crippen molar-refractivity contribution in [3.8, 4) is 0 Å². The Morgan fingerprint density at radius 3 is 2.17 bits per heavy atom. The Hall–Kier alpha value is -2.87. The second-order valence-electron chi connectivity index (χ2n) is 7.23. The van der Waals surface area contributed by atoms with Crippen molar-refractivity contribution >= 4 is 23.2 Å². The number of alkyl halides is 3. The van der Waals surface area contributed by atoms with Crippen molar-refractivity contribution in [1.29, 1.82) is 0 Å². The second-order valence-corrected chi connectivity index (χ2v) is 7.23. The summed E-state index contributed by atoms with van der Waals surface area (Å²) in [6, 6.07) is 11.1. The number of hydrogen-bond acceptors (Lipinski definition) is 4. The predicted octanol–water partition coefficient (Wildman–Crippen LogP) is 4.07. The van der Waals surface area contributed by atoms with E-state index in [-0.39, 0.29) is 23.9 Å². The summed E-state index contributed by atoms with van der Waals surface area (Å²) in [5.74, 6) is -0.483. The highest BCUT2D eigenvalue weighted by Crippen LogP contribution is 2.32. The van der Waals surface area contributed by atoms with Gasteiger partial charge in [0, 0.05) is 25.1 Å². The van der Waals surface area contributed by atoms with E-state index in [1.807, 2.05) is 0 Å². The van der Waals surface area contributed by atoms with Crippen LogP contribution < -0.4 is 10.2 Å². The van der Waals surface area contributed by atoms with E-state index in [1.54, 1.807) is 24.3 Å². The molecule has 0 bridgehead atoms. The molecule has 5 nitrogen and oxygen atoms in total. The molecule has 2 amide bonds. The number of halogens is 3. The minimum absolute atomic E-state index is 0.0325. The van der Waals surface area contributed by atoms with Crippen molar-refractivity contribution < 1.29 is 27.9 Å². The van der Waals surface area contributed by atoms with Crippen molar-refractivity contribution in [3.63, 3.8) is 0 Å². The monoisotopic (exact) mass is 406 g/mol. The van der Waals surface area contributed by atoms with E-state index in [4.69, 9.17) is 0 Å². The molecule has 0 spiro atoms. The third-order valence-electron chi connectivity index (χ3n) is 4.85. The van der Waals surface area contributed by atoms with Gasteiger partial charge in [0.25, 0.3) is 0 Å². The molecule has 0 radical (unpaired) electrons. The summed E-state index contributed by atoms with van der Waals surface area (Å²) in [7, 11) is 0. The number of amides is 2. The maximum absolute atomic E-state index is 12.9. The zero-order valence-electron chi connectivity index (χ0n) is 15.8. The van der Waals surface area contributed by atoms with Crippen LogP contribution in [-0.2, 0) is 21.4 Å². The molecule has 1 saturated heterocycles. The molecule has 154 valence electrons. The lowest BCUT2D eigenvalue weighted by Crippen LogP contribution is -2.40. The van der Waals surface area contributed by atoms with Gasteiger partial charge in [0.15, 0.2) is 0 Å². The van der Waals surface area contributed by atoms with E-state index in [0.29, 0.717) is 30.6 Å². The number of anilines is 2. The molecule has 1 fully saturated rings. The number of rotatable bonds is 5. The molecule has 0 aliphatic carbocycles. The smallest absolute Gasteiger partial charge is 0.384 e. The normalized spacial score (nSPS) is 17.2. The van der Waals surface area contributed by atoms with Gasteiger partial charge in [-0.25, -0.2) is 0 Å². The average molecular weight is 406 g/mol. The minimum Gasteiger partial charge on any atom is -0.384 e. The van der Waals surface area contributed by atoms with E-state index < -0.39 is 17.3 Å². The van der Waals surface area contributed by atoms with E-state index in [0.717, 1.165) is 17.0 Å². The first-order valence-corrected chi connectivity index (χ1v) is 9.18. The molecule has 29 heavy (non-hydrogen) atoms. The highest BCUT2D eigenvalue weighted by molar-refractivity contribution is 6.16. The highest BCUT2D eigenvalue weighted by atomic mass is 19.4. The quantitative estimate of drug-likeness (QED) is 0.735. The molecule has 2 N–H and O–H groups in total. The summed E-state index contributed by atoms with van der Waals surface area (Å²) in [5, 5.41) is 13.6. The fourth-order valence-electron chi connectivity index (χ4n) is 3.18. The maximum Gasteiger partial charge on any atom is 0.416 e. The van der Waals surface area contributed by atoms with Gasteiger partial charge in [-0.15, -0.1) is 0 Å². The molecule has 8 heteroatoms. The predicted molar refractivity (Wildman–Crippen MR) is 102 cm³/mol. The summed E-state index contributed by atoms with van der Waals surface area (Å²) in [4.78, 5) is 25.1. The van der Waals surface area contributed by atoms with Crippen LogP contribution in [0.4, 0.5) is 24.5 Å². The summed E-state index contributed by atoms with van der Waals surface area (Å²) < 4.78 is 38.7. The van der Waals surface area contributed by atoms with Crippen LogP contribution in [0.25, 0.3) is 0 Å². The van der Waals surface area contributed by atoms with Gasteiger partial charge in [-0.3, -0.25) is 14.5 Å². The van der Waals surface area contributed by atoms with Crippen molar-refractivity contribution in [2.45, 2.75) is 38.0 Å². The van der Waals surface area contributed by atoms with Gasteiger partial charge in [0.2, 0.25) is 11.8 Å². The Morgan fingerprint density at radius 1 is 1.00 bits per heavy atom. The Morgan fingerprint density at radius 2 is 1.59 bits per heavy atom. The number of carbonyl (C=O) groups is 2. The molecule has 1 aliphatic heterocycles. The second kappa shape index (κ2) is 7.87. The number of benzene rings is 2. The number of nitrogens with zero attached hydrogens (tertiary/aromatic N) is 1. The van der Waals surface area contributed by atoms with E-state index >= 15 is 0 Å². The maximum atomic E-state index is 12.9. The first-order chi connectivity index (χ1) is 13.6. The van der Waals surface area contributed by atoms with Crippen molar-refractivity contribution in [2.75, 3.05) is 16.8 Å². The van der Waals surface area contributed by atoms with Crippen LogP contribution >= 0.6 is 0 Å². The van der Waals surface area contributed by atoms with E-state index in [9.17, 15) is 27.9 Å². The molecule has 3 rings (SSSR count). The summed E-state index contributed by atoms with van der Waals surface area (Å²) in [6.07, 6.45) is -3.28. The lowest BCUT2D eigenvalue weighted by molar-refractivity contribution is -0.137. The van der Waals surface area contributed by atoms with Crippen LogP contribution in [0.5, 0.6) is 0 Å². The van der Waals surface area contributed by atoms with Crippen LogP contribution in [0.2, 0.25) is 0 Å². The third-order valence-corrected chi connectivity index (χ3v) is 4.85. The zero-order valence-corrected chi connectivity index (χ0v) is 15.8. The molecule has 2 aromatic rings. The molecule has 1 aliphatic rings. The topological polar surface area (TPSA) is 69.6 Å². The number of nitrogens with one attached hydrogen (secondary N) is 1. The van der Waals surface area contributed by atoms with Gasteiger partial charge in [0.1, 0.15) is 5.60 Å². The molecule has 1 heterocycles. The van der Waals surface area contributed by atoms with Gasteiger partial charge >= 0.3 is 6.18 Å². The minimum atomic E-state index is -4.49. The van der Waals surface area contributed by atoms with Crippen LogP contribution in [0.15, 0.2) is 48.5 Å². The highest BCUT2D eigenvalue weighted by Gasteiger charge is 2.33. The first-order valence-electron chi connectivity index (χ1n) is 9.18. The van der Waals surface area contributed by atoms with Gasteiger partial charge < -0.3 is 10.4 Å². The first kappa shape index (κ1) is 20.9. The van der Waals surface area contributed by atoms with Crippen molar-refractivity contribution in [3.05, 3.63) is 59.7 Å². The number of imide groups is 1. The lowest BCUT2D eigenvalue weighted by atomic mass is 9.94. The Labute approximate surface area is 166 Å². The fourth-order valence-corrected chi connectivity index (χ4v) is 3.18. The lowest BCUT2D eigenvalue weighted by Gasteiger charge is -2.26. The SMILES string of the molecule is CC(O)(CNc1ccc(N2C(=O)CCCC2=O)cc1)c1cccc(C(F)(F)F)c1. The van der Waals surface area contributed by atoms with Gasteiger partial charge in [-0.2, -0.15) is 13.2 Å². The Balaban J connectivity index is 1.69. The molecule has 0 saturated carbocycles. The molecular formula is C21H21F3N2O3. The molecule has 1 atom stereocenters. The van der Waals surface area contributed by atoms with Gasteiger partial charge in [0.05, 0.1) is 11.3 Å². The van der Waals surface area contributed by atoms with Crippen LogP contribution in [0.3, 0.4) is 0 Å². The number of aliphatic hydroxyl groups is 1. The zero-order chi connectivity index (χ0) is 21.2. The van der Waals surface area contributed by atoms with Crippen LogP contribution in [0.1, 0.15) is 37.3 Å². The molecule has 0 aromatic heterocycles. The van der Waals surface area contributed by atoms with Gasteiger partial charge in [-0.05, 0) is 55.3 Å². The number of piperidine rings is 1. The van der Waals surface area contributed by atoms with Crippen molar-refractivity contribution in [2.24, 2.45) is 0 Å². The average Bonchev–Trinajstić information content (AvgIpc) is 2.67. The number of carbonyl (C=O) groups excluding carboxylic acids is 2. The largest absolute Gasteiger partial charge is 0.416 e. The summed E-state index contributed by atoms with van der Waals surface area (Å²) in [6.45, 7) is 1.39. The van der Waals surface area contributed by atoms with Crippen LogP contribution in [-0.4, -0.2) is 23.5 Å². The Kier molecular flexibility index (Phi) is 5.66. The molecule has 1 unspecified atom stereocenters. The molecule has 2 aromatic carbocycles. The van der Waals surface area contributed by atoms with Crippen LogP contribution in [0, 0.1) is 0 Å². The van der Waals surface area contributed by atoms with E-state index in [1.165, 1.54) is 19.1 Å². The number of hydrogen-bond donors (Lipinski definition) is 2. The molecular weight excluding hydrogens is 385 g/mol.